The molecule has 0 aliphatic carbocycles. The predicted molar refractivity (Wildman–Crippen MR) is 53.6 cm³/mol. The Bertz CT molecular complexity index is 470. The average Bonchev–Trinajstić information content (AvgIpc) is 2.70. The molecule has 1 amide bonds. The van der Waals surface area contributed by atoms with Crippen LogP contribution in [0, 0.1) is 0 Å². The fourth-order valence-corrected chi connectivity index (χ4v) is 1.11. The van der Waals surface area contributed by atoms with Crippen LogP contribution in [-0.4, -0.2) is 26.1 Å². The van der Waals surface area contributed by atoms with E-state index in [1.807, 2.05) is 0 Å². The summed E-state index contributed by atoms with van der Waals surface area (Å²) in [5, 5.41) is 8.94. The van der Waals surface area contributed by atoms with Crippen LogP contribution in [0.25, 0.3) is 0 Å². The van der Waals surface area contributed by atoms with Crippen molar-refractivity contribution in [1.82, 2.24) is 20.2 Å². The van der Waals surface area contributed by atoms with Crippen LogP contribution in [0.4, 0.5) is 5.82 Å². The molecule has 15 heavy (non-hydrogen) atoms. The normalized spacial score (nSPS) is 9.93. The molecular formula is C8H6ClN5O. The molecule has 2 aromatic rings. The Hall–Kier alpha value is -1.95. The van der Waals surface area contributed by atoms with Crippen LogP contribution in [0.2, 0.25) is 5.15 Å². The minimum absolute atomic E-state index is 0.222. The van der Waals surface area contributed by atoms with Crippen LogP contribution < -0.4 is 5.32 Å². The van der Waals surface area contributed by atoms with E-state index in [1.165, 1.54) is 24.8 Å². The van der Waals surface area contributed by atoms with Gasteiger partial charge in [0, 0.05) is 6.20 Å². The van der Waals surface area contributed by atoms with Gasteiger partial charge in [0.05, 0.1) is 24.2 Å². The summed E-state index contributed by atoms with van der Waals surface area (Å²) in [4.78, 5) is 19.2. The number of aromatic amines is 1. The minimum atomic E-state index is -0.319. The number of carbonyl (C=O) groups is 1. The van der Waals surface area contributed by atoms with Crippen LogP contribution in [0.1, 0.15) is 10.4 Å². The number of hydrogen-bond acceptors (Lipinski definition) is 4. The molecule has 0 unspecified atom stereocenters. The number of nitrogens with zero attached hydrogens (tertiary/aromatic N) is 3. The maximum Gasteiger partial charge on any atom is 0.260 e. The maximum atomic E-state index is 11.5. The minimum Gasteiger partial charge on any atom is -0.305 e. The van der Waals surface area contributed by atoms with Crippen LogP contribution >= 0.6 is 11.6 Å². The number of aromatic nitrogens is 4. The molecule has 0 fully saturated rings. The van der Waals surface area contributed by atoms with Crippen LogP contribution in [-0.2, 0) is 0 Å². The van der Waals surface area contributed by atoms with Gasteiger partial charge < -0.3 is 5.32 Å². The summed E-state index contributed by atoms with van der Waals surface area (Å²) < 4.78 is 0. The summed E-state index contributed by atoms with van der Waals surface area (Å²) in [5.41, 5.74) is 0.414. The zero-order chi connectivity index (χ0) is 10.7. The van der Waals surface area contributed by atoms with Gasteiger partial charge in [0.2, 0.25) is 0 Å². The van der Waals surface area contributed by atoms with Crippen molar-refractivity contribution in [1.29, 1.82) is 0 Å². The van der Waals surface area contributed by atoms with Crippen molar-refractivity contribution in [2.45, 2.75) is 0 Å². The molecule has 2 rings (SSSR count). The van der Waals surface area contributed by atoms with Crippen molar-refractivity contribution in [3.05, 3.63) is 35.5 Å². The lowest BCUT2D eigenvalue weighted by atomic mass is 10.3. The van der Waals surface area contributed by atoms with Gasteiger partial charge in [0.25, 0.3) is 5.91 Å². The number of nitrogens with one attached hydrogen (secondary N) is 2. The Labute approximate surface area is 89.7 Å². The quantitative estimate of drug-likeness (QED) is 0.799. The second-order valence-corrected chi connectivity index (χ2v) is 3.06. The maximum absolute atomic E-state index is 11.5. The Kier molecular flexibility index (Phi) is 2.59. The second kappa shape index (κ2) is 4.05. The van der Waals surface area contributed by atoms with Crippen LogP contribution in [0.15, 0.2) is 24.8 Å². The fourth-order valence-electron chi connectivity index (χ4n) is 0.966. The number of amides is 1. The molecule has 2 aromatic heterocycles. The van der Waals surface area contributed by atoms with E-state index in [0.717, 1.165) is 0 Å². The van der Waals surface area contributed by atoms with Gasteiger partial charge in [0.15, 0.2) is 5.82 Å². The average molecular weight is 224 g/mol. The molecule has 0 aromatic carbocycles. The molecule has 0 spiro atoms. The van der Waals surface area contributed by atoms with Gasteiger partial charge in [-0.1, -0.05) is 11.6 Å². The highest BCUT2D eigenvalue weighted by Gasteiger charge is 2.07. The number of hydrogen-bond donors (Lipinski definition) is 2. The van der Waals surface area contributed by atoms with Crippen molar-refractivity contribution in [2.75, 3.05) is 5.32 Å². The summed E-state index contributed by atoms with van der Waals surface area (Å²) >= 11 is 5.61. The molecule has 0 aliphatic rings. The van der Waals surface area contributed by atoms with E-state index in [4.69, 9.17) is 11.6 Å². The van der Waals surface area contributed by atoms with Gasteiger partial charge in [0.1, 0.15) is 5.15 Å². The predicted octanol–water partition coefficient (Wildman–Crippen LogP) is 1.11. The lowest BCUT2D eigenvalue weighted by Gasteiger charge is -2.01. The van der Waals surface area contributed by atoms with E-state index in [-0.39, 0.29) is 11.1 Å². The largest absolute Gasteiger partial charge is 0.305 e. The number of carbonyl (C=O) groups excluding carboxylic acids is 1. The van der Waals surface area contributed by atoms with Gasteiger partial charge in [-0.15, -0.1) is 0 Å². The van der Waals surface area contributed by atoms with Crippen molar-refractivity contribution in [3.63, 3.8) is 0 Å². The SMILES string of the molecule is O=C(Nc1cncc(Cl)n1)c1cn[nH]c1. The summed E-state index contributed by atoms with van der Waals surface area (Å²) in [5.74, 6) is -0.0194. The molecule has 7 heteroatoms. The van der Waals surface area contributed by atoms with Gasteiger partial charge in [-0.3, -0.25) is 14.9 Å². The van der Waals surface area contributed by atoms with Crippen molar-refractivity contribution in [2.24, 2.45) is 0 Å². The first-order valence-electron chi connectivity index (χ1n) is 4.03. The lowest BCUT2D eigenvalue weighted by Crippen LogP contribution is -2.12. The summed E-state index contributed by atoms with van der Waals surface area (Å²) in [6.45, 7) is 0. The molecule has 6 nitrogen and oxygen atoms in total. The third-order valence-corrected chi connectivity index (χ3v) is 1.79. The van der Waals surface area contributed by atoms with E-state index < -0.39 is 0 Å². The van der Waals surface area contributed by atoms with E-state index >= 15 is 0 Å². The Morgan fingerprint density at radius 2 is 2.27 bits per heavy atom. The molecule has 76 valence electrons. The van der Waals surface area contributed by atoms with Gasteiger partial charge in [-0.25, -0.2) is 4.98 Å². The third kappa shape index (κ3) is 2.29. The summed E-state index contributed by atoms with van der Waals surface area (Å²) in [6, 6.07) is 0. The Balaban J connectivity index is 2.13. The first kappa shape index (κ1) is 9.60. The van der Waals surface area contributed by atoms with Crippen molar-refractivity contribution in [3.8, 4) is 0 Å². The number of H-pyrrole nitrogens is 1. The number of halogens is 1. The topological polar surface area (TPSA) is 83.6 Å². The first-order valence-corrected chi connectivity index (χ1v) is 4.41. The third-order valence-electron chi connectivity index (χ3n) is 1.61. The highest BCUT2D eigenvalue weighted by Crippen LogP contribution is 2.08. The zero-order valence-corrected chi connectivity index (χ0v) is 8.19. The summed E-state index contributed by atoms with van der Waals surface area (Å²) in [7, 11) is 0. The van der Waals surface area contributed by atoms with E-state index in [0.29, 0.717) is 11.4 Å². The van der Waals surface area contributed by atoms with Crippen molar-refractivity contribution < 1.29 is 4.79 Å². The van der Waals surface area contributed by atoms with Crippen LogP contribution in [0.3, 0.4) is 0 Å². The fraction of sp³-hybridized carbons (Fsp3) is 0. The van der Waals surface area contributed by atoms with Gasteiger partial charge in [-0.2, -0.15) is 5.10 Å². The van der Waals surface area contributed by atoms with E-state index in [2.05, 4.69) is 25.5 Å². The molecular weight excluding hydrogens is 218 g/mol. The van der Waals surface area contributed by atoms with Crippen molar-refractivity contribution >= 4 is 23.3 Å². The molecule has 0 saturated heterocycles. The molecule has 0 bridgehead atoms. The number of anilines is 1. The number of rotatable bonds is 2. The first-order chi connectivity index (χ1) is 7.25. The monoisotopic (exact) mass is 223 g/mol. The molecule has 0 radical (unpaired) electrons. The summed E-state index contributed by atoms with van der Waals surface area (Å²) in [6.07, 6.45) is 5.68. The smallest absolute Gasteiger partial charge is 0.260 e. The molecule has 2 heterocycles. The van der Waals surface area contributed by atoms with E-state index in [9.17, 15) is 4.79 Å². The Morgan fingerprint density at radius 3 is 2.93 bits per heavy atom. The standard InChI is InChI=1S/C8H6ClN5O/c9-6-3-10-4-7(13-6)14-8(15)5-1-11-12-2-5/h1-4H,(H,11,12)(H,13,14,15). The molecule has 0 aliphatic heterocycles. The molecule has 0 saturated carbocycles. The Morgan fingerprint density at radius 1 is 1.40 bits per heavy atom. The molecule has 2 N–H and O–H groups in total. The van der Waals surface area contributed by atoms with Gasteiger partial charge >= 0.3 is 0 Å². The second-order valence-electron chi connectivity index (χ2n) is 2.67. The zero-order valence-electron chi connectivity index (χ0n) is 7.44. The molecule has 0 atom stereocenters. The highest BCUT2D eigenvalue weighted by atomic mass is 35.5. The van der Waals surface area contributed by atoms with E-state index in [1.54, 1.807) is 0 Å². The van der Waals surface area contributed by atoms with Gasteiger partial charge in [-0.05, 0) is 0 Å². The van der Waals surface area contributed by atoms with Crippen LogP contribution in [0.5, 0.6) is 0 Å². The highest BCUT2D eigenvalue weighted by molar-refractivity contribution is 6.29. The lowest BCUT2D eigenvalue weighted by molar-refractivity contribution is 0.102.